The first-order valence-electron chi connectivity index (χ1n) is 12.1. The fourth-order valence-corrected chi connectivity index (χ4v) is 4.43. The topological polar surface area (TPSA) is 114 Å². The summed E-state index contributed by atoms with van der Waals surface area (Å²) in [5, 5.41) is 2.81. The Morgan fingerprint density at radius 1 is 1.08 bits per heavy atom. The number of nitrogens with zero attached hydrogens (tertiary/aromatic N) is 2. The summed E-state index contributed by atoms with van der Waals surface area (Å²) in [5.41, 5.74) is 6.90. The van der Waals surface area contributed by atoms with Gasteiger partial charge in [0.05, 0.1) is 20.3 Å². The van der Waals surface area contributed by atoms with Crippen LogP contribution in [-0.4, -0.2) is 73.5 Å². The maximum absolute atomic E-state index is 13.6. The quantitative estimate of drug-likeness (QED) is 0.520. The zero-order chi connectivity index (χ0) is 26.2. The SMILES string of the molecule is COc1cccc(CN(C(=O)C(C)C)C2CC(C(=O)NCCN)N(C(=O)c3cccc(OC)c3)C2)c1. The van der Waals surface area contributed by atoms with Crippen molar-refractivity contribution in [3.8, 4) is 11.5 Å². The molecule has 1 fully saturated rings. The molecule has 0 radical (unpaired) electrons. The van der Waals surface area contributed by atoms with Crippen LogP contribution in [-0.2, 0) is 16.1 Å². The van der Waals surface area contributed by atoms with Gasteiger partial charge in [-0.1, -0.05) is 32.0 Å². The molecule has 0 bridgehead atoms. The fourth-order valence-electron chi connectivity index (χ4n) is 4.43. The van der Waals surface area contributed by atoms with E-state index in [-0.39, 0.29) is 36.2 Å². The first-order valence-corrected chi connectivity index (χ1v) is 12.1. The van der Waals surface area contributed by atoms with E-state index in [1.165, 1.54) is 7.11 Å². The number of hydrogen-bond acceptors (Lipinski definition) is 6. The minimum atomic E-state index is -0.729. The number of nitrogens with two attached hydrogens (primary N) is 1. The zero-order valence-corrected chi connectivity index (χ0v) is 21.4. The third-order valence-electron chi connectivity index (χ3n) is 6.31. The maximum Gasteiger partial charge on any atom is 0.254 e. The van der Waals surface area contributed by atoms with Crippen LogP contribution in [0.4, 0.5) is 0 Å². The monoisotopic (exact) mass is 496 g/mol. The van der Waals surface area contributed by atoms with E-state index in [2.05, 4.69) is 5.32 Å². The second kappa shape index (κ2) is 12.4. The summed E-state index contributed by atoms with van der Waals surface area (Å²) in [5.74, 6) is 0.392. The van der Waals surface area contributed by atoms with Gasteiger partial charge < -0.3 is 30.3 Å². The van der Waals surface area contributed by atoms with Crippen molar-refractivity contribution in [2.24, 2.45) is 11.7 Å². The summed E-state index contributed by atoms with van der Waals surface area (Å²) in [7, 11) is 3.13. The van der Waals surface area contributed by atoms with E-state index in [9.17, 15) is 14.4 Å². The molecule has 2 aromatic rings. The number of carbonyl (C=O) groups excluding carboxylic acids is 3. The molecule has 3 N–H and O–H groups in total. The molecule has 1 saturated heterocycles. The minimum Gasteiger partial charge on any atom is -0.497 e. The molecule has 2 atom stereocenters. The van der Waals surface area contributed by atoms with Gasteiger partial charge in [-0.15, -0.1) is 0 Å². The van der Waals surface area contributed by atoms with Crippen molar-refractivity contribution in [3.05, 3.63) is 59.7 Å². The van der Waals surface area contributed by atoms with Crippen molar-refractivity contribution in [1.82, 2.24) is 15.1 Å². The van der Waals surface area contributed by atoms with E-state index in [4.69, 9.17) is 15.2 Å². The van der Waals surface area contributed by atoms with Crippen molar-refractivity contribution in [2.45, 2.75) is 38.9 Å². The Morgan fingerprint density at radius 2 is 1.75 bits per heavy atom. The van der Waals surface area contributed by atoms with E-state index >= 15 is 0 Å². The number of ether oxygens (including phenoxy) is 2. The van der Waals surface area contributed by atoms with Crippen LogP contribution in [0.2, 0.25) is 0 Å². The highest BCUT2D eigenvalue weighted by atomic mass is 16.5. The van der Waals surface area contributed by atoms with E-state index in [1.54, 1.807) is 41.2 Å². The smallest absolute Gasteiger partial charge is 0.254 e. The van der Waals surface area contributed by atoms with Gasteiger partial charge in [-0.2, -0.15) is 0 Å². The number of hydrogen-bond donors (Lipinski definition) is 2. The van der Waals surface area contributed by atoms with Crippen molar-refractivity contribution >= 4 is 17.7 Å². The summed E-state index contributed by atoms with van der Waals surface area (Å²) in [4.78, 5) is 43.3. The van der Waals surface area contributed by atoms with E-state index in [0.717, 1.165) is 5.56 Å². The first kappa shape index (κ1) is 27.0. The van der Waals surface area contributed by atoms with Crippen LogP contribution in [0.5, 0.6) is 11.5 Å². The number of nitrogens with one attached hydrogen (secondary N) is 1. The van der Waals surface area contributed by atoms with Gasteiger partial charge in [-0.25, -0.2) is 0 Å². The van der Waals surface area contributed by atoms with Gasteiger partial charge in [-0.3, -0.25) is 14.4 Å². The Morgan fingerprint density at radius 3 is 2.39 bits per heavy atom. The van der Waals surface area contributed by atoms with Crippen LogP contribution in [0.25, 0.3) is 0 Å². The average Bonchev–Trinajstić information content (AvgIpc) is 3.34. The van der Waals surface area contributed by atoms with Crippen molar-refractivity contribution < 1.29 is 23.9 Å². The molecule has 0 aliphatic carbocycles. The molecule has 36 heavy (non-hydrogen) atoms. The third-order valence-corrected chi connectivity index (χ3v) is 6.31. The minimum absolute atomic E-state index is 0.0420. The maximum atomic E-state index is 13.6. The average molecular weight is 497 g/mol. The predicted molar refractivity (Wildman–Crippen MR) is 137 cm³/mol. The summed E-state index contributed by atoms with van der Waals surface area (Å²) in [6, 6.07) is 13.3. The van der Waals surface area contributed by atoms with Crippen molar-refractivity contribution in [1.29, 1.82) is 0 Å². The van der Waals surface area contributed by atoms with Gasteiger partial charge in [0.1, 0.15) is 17.5 Å². The molecule has 1 heterocycles. The van der Waals surface area contributed by atoms with E-state index in [1.807, 2.05) is 38.1 Å². The number of benzene rings is 2. The van der Waals surface area contributed by atoms with Gasteiger partial charge in [0.2, 0.25) is 11.8 Å². The first-order chi connectivity index (χ1) is 17.3. The van der Waals surface area contributed by atoms with Crippen LogP contribution in [0.3, 0.4) is 0 Å². The Kier molecular flexibility index (Phi) is 9.30. The van der Waals surface area contributed by atoms with Crippen LogP contribution in [0, 0.1) is 5.92 Å². The number of carbonyl (C=O) groups is 3. The molecule has 9 heteroatoms. The molecule has 3 rings (SSSR count). The molecule has 0 spiro atoms. The fraction of sp³-hybridized carbons (Fsp3) is 0.444. The largest absolute Gasteiger partial charge is 0.497 e. The van der Waals surface area contributed by atoms with Crippen LogP contribution >= 0.6 is 0 Å². The molecular weight excluding hydrogens is 460 g/mol. The molecule has 3 amide bonds. The van der Waals surface area contributed by atoms with E-state index in [0.29, 0.717) is 43.1 Å². The number of rotatable bonds is 10. The molecule has 1 aliphatic heterocycles. The normalized spacial score (nSPS) is 17.1. The summed E-state index contributed by atoms with van der Waals surface area (Å²) in [6.07, 6.45) is 0.328. The number of amides is 3. The molecular formula is C27H36N4O5. The highest BCUT2D eigenvalue weighted by molar-refractivity contribution is 5.98. The highest BCUT2D eigenvalue weighted by Gasteiger charge is 2.43. The summed E-state index contributed by atoms with van der Waals surface area (Å²) >= 11 is 0. The molecule has 194 valence electrons. The molecule has 0 saturated carbocycles. The summed E-state index contributed by atoms with van der Waals surface area (Å²) < 4.78 is 10.6. The molecule has 2 aromatic carbocycles. The molecule has 2 unspecified atom stereocenters. The van der Waals surface area contributed by atoms with Gasteiger partial charge in [0.25, 0.3) is 5.91 Å². The van der Waals surface area contributed by atoms with E-state index < -0.39 is 6.04 Å². The van der Waals surface area contributed by atoms with Crippen LogP contribution in [0.15, 0.2) is 48.5 Å². The lowest BCUT2D eigenvalue weighted by Gasteiger charge is -2.31. The second-order valence-electron chi connectivity index (χ2n) is 9.15. The van der Waals surface area contributed by atoms with Gasteiger partial charge in [0, 0.05) is 37.7 Å². The van der Waals surface area contributed by atoms with Crippen molar-refractivity contribution in [3.63, 3.8) is 0 Å². The molecule has 1 aliphatic rings. The van der Waals surface area contributed by atoms with Crippen LogP contribution in [0.1, 0.15) is 36.2 Å². The van der Waals surface area contributed by atoms with Gasteiger partial charge >= 0.3 is 0 Å². The zero-order valence-electron chi connectivity index (χ0n) is 21.4. The standard InChI is InChI=1S/C27H36N4O5/c1-18(2)26(33)30(16-19-7-5-9-22(13-19)35-3)21-15-24(25(32)29-12-11-28)31(17-21)27(34)20-8-6-10-23(14-20)36-4/h5-10,13-14,18,21,24H,11-12,15-17,28H2,1-4H3,(H,29,32). The Hall–Kier alpha value is -3.59. The second-order valence-corrected chi connectivity index (χ2v) is 9.15. The lowest BCUT2D eigenvalue weighted by Crippen LogP contribution is -2.47. The molecule has 0 aromatic heterocycles. The number of likely N-dealkylation sites (tertiary alicyclic amines) is 1. The Balaban J connectivity index is 1.93. The van der Waals surface area contributed by atoms with Gasteiger partial charge in [0.15, 0.2) is 0 Å². The highest BCUT2D eigenvalue weighted by Crippen LogP contribution is 2.28. The predicted octanol–water partition coefficient (Wildman–Crippen LogP) is 2.05. The lowest BCUT2D eigenvalue weighted by atomic mass is 10.1. The Labute approximate surface area is 212 Å². The third kappa shape index (κ3) is 6.34. The number of methoxy groups -OCH3 is 2. The Bertz CT molecular complexity index is 1070. The van der Waals surface area contributed by atoms with Crippen molar-refractivity contribution in [2.75, 3.05) is 33.9 Å². The van der Waals surface area contributed by atoms with Crippen LogP contribution < -0.4 is 20.5 Å². The van der Waals surface area contributed by atoms with Gasteiger partial charge in [-0.05, 0) is 42.3 Å². The summed E-state index contributed by atoms with van der Waals surface area (Å²) in [6.45, 7) is 4.87. The lowest BCUT2D eigenvalue weighted by molar-refractivity contribution is -0.137. The molecule has 9 nitrogen and oxygen atoms in total.